The molecule has 3 aliphatic rings. The summed E-state index contributed by atoms with van der Waals surface area (Å²) < 4.78 is 21.8. The molecule has 2 fully saturated rings. The van der Waals surface area contributed by atoms with Gasteiger partial charge in [0.25, 0.3) is 5.91 Å². The van der Waals surface area contributed by atoms with E-state index in [1.807, 2.05) is 68.1 Å². The Morgan fingerprint density at radius 1 is 1.02 bits per heavy atom. The van der Waals surface area contributed by atoms with Crippen molar-refractivity contribution in [2.45, 2.75) is 70.9 Å². The number of carbonyl (C=O) groups is 4. The van der Waals surface area contributed by atoms with E-state index < -0.39 is 23.7 Å². The van der Waals surface area contributed by atoms with E-state index in [0.717, 1.165) is 29.5 Å². The van der Waals surface area contributed by atoms with Gasteiger partial charge >= 0.3 is 12.2 Å². The Balaban J connectivity index is 1.33. The van der Waals surface area contributed by atoms with E-state index in [0.29, 0.717) is 61.0 Å². The average Bonchev–Trinajstić information content (AvgIpc) is 3.98. The fraction of sp³-hybridized carbons (Fsp3) is 0.463. The molecule has 3 N–H and O–H groups in total. The molecule has 0 radical (unpaired) electrons. The zero-order valence-corrected chi connectivity index (χ0v) is 31.8. The van der Waals surface area contributed by atoms with Crippen molar-refractivity contribution in [3.8, 4) is 16.9 Å². The first-order valence-electron chi connectivity index (χ1n) is 18.7. The van der Waals surface area contributed by atoms with Crippen molar-refractivity contribution in [1.82, 2.24) is 4.90 Å². The maximum Gasteiger partial charge on any atom is 0.411 e. The molecule has 0 unspecified atom stereocenters. The molecule has 0 bridgehead atoms. The van der Waals surface area contributed by atoms with E-state index in [1.54, 1.807) is 36.0 Å². The highest BCUT2D eigenvalue weighted by Crippen LogP contribution is 2.43. The molecule has 288 valence electrons. The molecule has 13 nitrogen and oxygen atoms in total. The minimum atomic E-state index is -0.692. The van der Waals surface area contributed by atoms with Crippen LogP contribution in [0.5, 0.6) is 5.75 Å². The molecule has 13 heteroatoms. The first-order valence-corrected chi connectivity index (χ1v) is 18.7. The Morgan fingerprint density at radius 2 is 1.80 bits per heavy atom. The molecule has 3 aromatic carbocycles. The molecule has 3 aromatic rings. The van der Waals surface area contributed by atoms with Crippen LogP contribution in [0.15, 0.2) is 60.7 Å². The number of anilines is 4. The van der Waals surface area contributed by atoms with E-state index in [2.05, 4.69) is 11.4 Å². The zero-order valence-electron chi connectivity index (χ0n) is 31.8. The van der Waals surface area contributed by atoms with Gasteiger partial charge < -0.3 is 39.4 Å². The quantitative estimate of drug-likeness (QED) is 0.160. The molecular weight excluding hydrogens is 690 g/mol. The van der Waals surface area contributed by atoms with Gasteiger partial charge in [-0.15, -0.1) is 0 Å². The number of ether oxygens (including phenoxy) is 4. The summed E-state index contributed by atoms with van der Waals surface area (Å²) in [5, 5.41) is 2.67. The van der Waals surface area contributed by atoms with Gasteiger partial charge in [0, 0.05) is 45.1 Å². The molecule has 1 saturated carbocycles. The highest BCUT2D eigenvalue weighted by molar-refractivity contribution is 6.01. The Labute approximate surface area is 316 Å². The number of hydrogen-bond donors (Lipinski definition) is 2. The molecule has 54 heavy (non-hydrogen) atoms. The van der Waals surface area contributed by atoms with Crippen LogP contribution in [-0.4, -0.2) is 87.1 Å². The topological polar surface area (TPSA) is 153 Å². The van der Waals surface area contributed by atoms with Gasteiger partial charge in [0.1, 0.15) is 11.4 Å². The van der Waals surface area contributed by atoms with Gasteiger partial charge in [-0.3, -0.25) is 14.9 Å². The summed E-state index contributed by atoms with van der Waals surface area (Å²) in [6, 6.07) is 19.0. The lowest BCUT2D eigenvalue weighted by Crippen LogP contribution is -2.51. The number of piperidine rings is 1. The first-order chi connectivity index (χ1) is 25.9. The number of likely N-dealkylation sites (tertiary alicyclic amines) is 1. The summed E-state index contributed by atoms with van der Waals surface area (Å²) in [7, 11) is 1.63. The van der Waals surface area contributed by atoms with Crippen molar-refractivity contribution in [2.24, 2.45) is 5.92 Å². The number of carbonyl (C=O) groups excluding carboxylic acids is 4. The SMILES string of the molecule is CCOC(=O)Nc1ccc(-c2cccc([C@H]3CCN(C(=O)OC(C)(C)C)C[C@@H]3C(=O)N(c3ccc4c(c3)N(CCCOC)C(=O)CO4)C3CC3)c2)cc1N. The molecular formula is C41H51N5O8. The summed E-state index contributed by atoms with van der Waals surface area (Å²) in [6.07, 6.45) is 1.86. The van der Waals surface area contributed by atoms with Crippen LogP contribution in [0.1, 0.15) is 64.9 Å². The third kappa shape index (κ3) is 8.90. The molecule has 6 rings (SSSR count). The van der Waals surface area contributed by atoms with E-state index >= 15 is 4.79 Å². The van der Waals surface area contributed by atoms with E-state index in [4.69, 9.17) is 24.7 Å². The van der Waals surface area contributed by atoms with Gasteiger partial charge in [0.2, 0.25) is 5.91 Å². The smallest absolute Gasteiger partial charge is 0.411 e. The lowest BCUT2D eigenvalue weighted by atomic mass is 9.78. The Kier molecular flexibility index (Phi) is 11.7. The number of hydrogen-bond acceptors (Lipinski definition) is 9. The lowest BCUT2D eigenvalue weighted by molar-refractivity contribution is -0.124. The number of nitrogens with zero attached hydrogens (tertiary/aromatic N) is 3. The van der Waals surface area contributed by atoms with Crippen LogP contribution < -0.4 is 25.6 Å². The Bertz CT molecular complexity index is 1870. The predicted molar refractivity (Wildman–Crippen MR) is 207 cm³/mol. The molecule has 0 spiro atoms. The number of fused-ring (bicyclic) bond motifs is 1. The summed E-state index contributed by atoms with van der Waals surface area (Å²) in [5.74, 6) is -0.448. The van der Waals surface area contributed by atoms with Gasteiger partial charge in [-0.25, -0.2) is 9.59 Å². The Hall–Kier alpha value is -5.30. The van der Waals surface area contributed by atoms with E-state index in [1.165, 1.54) is 0 Å². The first kappa shape index (κ1) is 38.4. The van der Waals surface area contributed by atoms with Crippen molar-refractivity contribution in [3.05, 3.63) is 66.2 Å². The van der Waals surface area contributed by atoms with Crippen LogP contribution in [0, 0.1) is 5.92 Å². The fourth-order valence-electron chi connectivity index (χ4n) is 7.16. The predicted octanol–water partition coefficient (Wildman–Crippen LogP) is 6.80. The molecule has 1 aliphatic carbocycles. The van der Waals surface area contributed by atoms with Crippen molar-refractivity contribution >= 4 is 46.8 Å². The van der Waals surface area contributed by atoms with Crippen LogP contribution in [0.4, 0.5) is 32.3 Å². The maximum atomic E-state index is 15.1. The minimum Gasteiger partial charge on any atom is -0.482 e. The standard InChI is InChI=1S/C41H51N5O8/c1-6-52-39(49)43-34-15-11-27(22-33(34)42)26-9-7-10-28(21-26)31-17-19-44(40(50)54-41(2,3)4)24-32(31)38(48)46(29-12-13-29)30-14-16-36-35(23-30)45(18-8-20-51-5)37(47)25-53-36/h7,9-11,14-16,21-23,29,31-32H,6,8,12-13,17-20,24-25,42H2,1-5H3,(H,43,49)/t31-,32+/m1/s1. The van der Waals surface area contributed by atoms with Crippen LogP contribution in [0.2, 0.25) is 0 Å². The number of amides is 4. The van der Waals surface area contributed by atoms with Crippen LogP contribution >= 0.6 is 0 Å². The molecule has 2 heterocycles. The normalized spacial score (nSPS) is 18.4. The summed E-state index contributed by atoms with van der Waals surface area (Å²) in [5.41, 5.74) is 10.5. The number of nitrogens with two attached hydrogens (primary N) is 1. The molecule has 0 aromatic heterocycles. The highest BCUT2D eigenvalue weighted by atomic mass is 16.6. The monoisotopic (exact) mass is 741 g/mol. The second-order valence-electron chi connectivity index (χ2n) is 15.0. The van der Waals surface area contributed by atoms with Crippen molar-refractivity contribution in [2.75, 3.05) is 67.4 Å². The minimum absolute atomic E-state index is 0.00806. The van der Waals surface area contributed by atoms with E-state index in [9.17, 15) is 14.4 Å². The lowest BCUT2D eigenvalue weighted by Gasteiger charge is -2.41. The number of nitrogens with one attached hydrogen (secondary N) is 1. The third-order valence-electron chi connectivity index (χ3n) is 9.84. The molecule has 4 amide bonds. The van der Waals surface area contributed by atoms with Gasteiger partial charge in [0.05, 0.1) is 29.6 Å². The summed E-state index contributed by atoms with van der Waals surface area (Å²) in [4.78, 5) is 58.7. The average molecular weight is 742 g/mol. The molecule has 2 aliphatic heterocycles. The number of rotatable bonds is 11. The zero-order chi connectivity index (χ0) is 38.6. The molecule has 2 atom stereocenters. The summed E-state index contributed by atoms with van der Waals surface area (Å²) in [6.45, 7) is 9.00. The van der Waals surface area contributed by atoms with Gasteiger partial charge in [-0.2, -0.15) is 0 Å². The largest absolute Gasteiger partial charge is 0.482 e. The number of nitrogen functional groups attached to an aromatic ring is 1. The third-order valence-corrected chi connectivity index (χ3v) is 9.84. The second kappa shape index (κ2) is 16.4. The van der Waals surface area contributed by atoms with Crippen LogP contribution in [0.3, 0.4) is 0 Å². The second-order valence-corrected chi connectivity index (χ2v) is 15.0. The number of methoxy groups -OCH3 is 1. The van der Waals surface area contributed by atoms with Crippen molar-refractivity contribution < 1.29 is 38.1 Å². The van der Waals surface area contributed by atoms with Gasteiger partial charge in [-0.05, 0) is 106 Å². The van der Waals surface area contributed by atoms with Crippen molar-refractivity contribution in [3.63, 3.8) is 0 Å². The summed E-state index contributed by atoms with van der Waals surface area (Å²) >= 11 is 0. The number of benzene rings is 3. The highest BCUT2D eigenvalue weighted by Gasteiger charge is 2.44. The molecule has 1 saturated heterocycles. The van der Waals surface area contributed by atoms with Gasteiger partial charge in [0.15, 0.2) is 6.61 Å². The van der Waals surface area contributed by atoms with Gasteiger partial charge in [-0.1, -0.05) is 30.3 Å². The van der Waals surface area contributed by atoms with E-state index in [-0.39, 0.29) is 43.5 Å². The maximum absolute atomic E-state index is 15.1. The fourth-order valence-corrected chi connectivity index (χ4v) is 7.16. The van der Waals surface area contributed by atoms with Crippen molar-refractivity contribution in [1.29, 1.82) is 0 Å². The van der Waals surface area contributed by atoms with Crippen LogP contribution in [0.25, 0.3) is 11.1 Å². The van der Waals surface area contributed by atoms with Crippen LogP contribution in [-0.2, 0) is 23.8 Å². The Morgan fingerprint density at radius 3 is 2.50 bits per heavy atom.